The fraction of sp³-hybridized carbons (Fsp3) is 0.318. The Kier molecular flexibility index (Phi) is 7.53. The van der Waals surface area contributed by atoms with Gasteiger partial charge in [-0.2, -0.15) is 8.78 Å². The quantitative estimate of drug-likeness (QED) is 0.422. The molecule has 0 amide bonds. The summed E-state index contributed by atoms with van der Waals surface area (Å²) in [6.45, 7) is 4.28. The number of aryl methyl sites for hydroxylation is 2. The van der Waals surface area contributed by atoms with E-state index >= 15 is 0 Å². The number of aromatic nitrogens is 3. The van der Waals surface area contributed by atoms with Gasteiger partial charge >= 0.3 is 6.61 Å². The highest BCUT2D eigenvalue weighted by Gasteiger charge is 2.10. The van der Waals surface area contributed by atoms with E-state index in [0.717, 1.165) is 22.8 Å². The minimum absolute atomic E-state index is 0.151. The Morgan fingerprint density at radius 2 is 2.00 bits per heavy atom. The lowest BCUT2D eigenvalue weighted by molar-refractivity contribution is -0.0504. The summed E-state index contributed by atoms with van der Waals surface area (Å²) >= 11 is 0. The van der Waals surface area contributed by atoms with Crippen LogP contribution in [0.15, 0.2) is 53.9 Å². The molecule has 3 rings (SSSR count). The second kappa shape index (κ2) is 10.5. The van der Waals surface area contributed by atoms with Crippen molar-refractivity contribution >= 4 is 5.96 Å². The highest BCUT2D eigenvalue weighted by atomic mass is 19.3. The third-order valence-corrected chi connectivity index (χ3v) is 4.52. The minimum Gasteiger partial charge on any atom is -0.434 e. The van der Waals surface area contributed by atoms with E-state index in [-0.39, 0.29) is 5.75 Å². The molecule has 0 fully saturated rings. The van der Waals surface area contributed by atoms with E-state index in [1.54, 1.807) is 24.5 Å². The number of hydrogen-bond donors (Lipinski definition) is 2. The monoisotopic (exact) mass is 428 g/mol. The van der Waals surface area contributed by atoms with Gasteiger partial charge in [0, 0.05) is 37.2 Å². The number of hydrogen-bond acceptors (Lipinski definition) is 4. The van der Waals surface area contributed by atoms with E-state index in [2.05, 4.69) is 30.3 Å². The van der Waals surface area contributed by atoms with Crippen molar-refractivity contribution in [2.24, 2.45) is 4.99 Å². The largest absolute Gasteiger partial charge is 0.434 e. The van der Waals surface area contributed by atoms with E-state index in [1.807, 2.05) is 49.7 Å². The summed E-state index contributed by atoms with van der Waals surface area (Å²) in [5, 5.41) is 6.33. The Morgan fingerprint density at radius 3 is 2.65 bits per heavy atom. The van der Waals surface area contributed by atoms with Crippen molar-refractivity contribution in [1.82, 2.24) is 25.2 Å². The molecule has 1 aromatic carbocycles. The molecular formula is C22H26F2N6O. The zero-order valence-electron chi connectivity index (χ0n) is 17.8. The van der Waals surface area contributed by atoms with Gasteiger partial charge in [0.25, 0.3) is 0 Å². The van der Waals surface area contributed by atoms with Crippen molar-refractivity contribution < 1.29 is 13.5 Å². The van der Waals surface area contributed by atoms with Crippen LogP contribution in [0.2, 0.25) is 0 Å². The number of aliphatic imine (C=N–C) groups is 1. The summed E-state index contributed by atoms with van der Waals surface area (Å²) in [5.41, 5.74) is 2.53. The lowest BCUT2D eigenvalue weighted by Crippen LogP contribution is -2.36. The highest BCUT2D eigenvalue weighted by molar-refractivity contribution is 5.79. The van der Waals surface area contributed by atoms with Gasteiger partial charge in [-0.3, -0.25) is 4.57 Å². The third kappa shape index (κ3) is 6.24. The molecule has 9 heteroatoms. The third-order valence-electron chi connectivity index (χ3n) is 4.52. The van der Waals surface area contributed by atoms with Crippen molar-refractivity contribution in [3.05, 3.63) is 71.4 Å². The Morgan fingerprint density at radius 1 is 1.16 bits per heavy atom. The maximum absolute atomic E-state index is 12.7. The number of ether oxygens (including phenoxy) is 1. The molecule has 31 heavy (non-hydrogen) atoms. The number of nitrogens with one attached hydrogen (secondary N) is 2. The molecule has 0 bridgehead atoms. The van der Waals surface area contributed by atoms with Gasteiger partial charge in [-0.1, -0.05) is 23.8 Å². The van der Waals surface area contributed by atoms with Gasteiger partial charge in [-0.05, 0) is 38.5 Å². The number of guanidine groups is 1. The first kappa shape index (κ1) is 22.2. The van der Waals surface area contributed by atoms with Crippen LogP contribution < -0.4 is 15.4 Å². The first-order valence-electron chi connectivity index (χ1n) is 9.98. The molecule has 2 aromatic heterocycles. The molecule has 0 aliphatic heterocycles. The molecule has 164 valence electrons. The van der Waals surface area contributed by atoms with Crippen LogP contribution in [0.1, 0.15) is 29.4 Å². The molecule has 3 aromatic rings. The van der Waals surface area contributed by atoms with E-state index in [1.165, 1.54) is 0 Å². The normalized spacial score (nSPS) is 11.6. The first-order chi connectivity index (χ1) is 15.0. The predicted molar refractivity (Wildman–Crippen MR) is 116 cm³/mol. The average Bonchev–Trinajstić information content (AvgIpc) is 3.17. The Balaban J connectivity index is 1.67. The highest BCUT2D eigenvalue weighted by Crippen LogP contribution is 2.22. The lowest BCUT2D eigenvalue weighted by atomic mass is 10.1. The van der Waals surface area contributed by atoms with Crippen molar-refractivity contribution in [2.75, 3.05) is 6.54 Å². The Labute approximate surface area is 180 Å². The minimum atomic E-state index is -2.87. The summed E-state index contributed by atoms with van der Waals surface area (Å²) in [6, 6.07) is 8.99. The van der Waals surface area contributed by atoms with Gasteiger partial charge in [0.05, 0.1) is 6.54 Å². The fourth-order valence-corrected chi connectivity index (χ4v) is 3.02. The lowest BCUT2D eigenvalue weighted by Gasteiger charge is -2.15. The molecule has 0 radical (unpaired) electrons. The van der Waals surface area contributed by atoms with Gasteiger partial charge in [-0.25, -0.2) is 15.0 Å². The smallest absolute Gasteiger partial charge is 0.387 e. The SMILES string of the molecule is CCNC(=NCc1ccc(-n2ccnc2C)nc1)NCc1cc(C)ccc1OC(F)F. The number of halogens is 2. The van der Waals surface area contributed by atoms with E-state index in [9.17, 15) is 8.78 Å². The van der Waals surface area contributed by atoms with Gasteiger partial charge in [0.15, 0.2) is 5.96 Å². The van der Waals surface area contributed by atoms with Crippen LogP contribution in [0.25, 0.3) is 5.82 Å². The standard InChI is InChI=1S/C22H26F2N6O/c1-4-25-22(29-14-18-11-15(2)5-7-19(18)31-21(23)24)28-13-17-6-8-20(27-12-17)30-10-9-26-16(30)3/h5-12,21H,4,13-14H2,1-3H3,(H2,25,28,29). The molecule has 0 spiro atoms. The van der Waals surface area contributed by atoms with Crippen LogP contribution in [-0.2, 0) is 13.1 Å². The predicted octanol–water partition coefficient (Wildman–Crippen LogP) is 3.74. The van der Waals surface area contributed by atoms with E-state index in [0.29, 0.717) is 31.2 Å². The number of alkyl halides is 2. The molecule has 7 nitrogen and oxygen atoms in total. The molecular weight excluding hydrogens is 402 g/mol. The zero-order chi connectivity index (χ0) is 22.2. The first-order valence-corrected chi connectivity index (χ1v) is 9.98. The molecule has 0 saturated heterocycles. The molecule has 2 heterocycles. The van der Waals surface area contributed by atoms with Crippen molar-refractivity contribution in [2.45, 2.75) is 40.5 Å². The van der Waals surface area contributed by atoms with Gasteiger partial charge in [-0.15, -0.1) is 0 Å². The number of imidazole rings is 1. The average molecular weight is 428 g/mol. The van der Waals surface area contributed by atoms with Crippen molar-refractivity contribution in [1.29, 1.82) is 0 Å². The fourth-order valence-electron chi connectivity index (χ4n) is 3.02. The second-order valence-electron chi connectivity index (χ2n) is 6.91. The summed E-state index contributed by atoms with van der Waals surface area (Å²) in [6.07, 6.45) is 5.37. The maximum Gasteiger partial charge on any atom is 0.387 e. The van der Waals surface area contributed by atoms with Gasteiger partial charge < -0.3 is 15.4 Å². The zero-order valence-corrected chi connectivity index (χ0v) is 17.8. The van der Waals surface area contributed by atoms with Crippen molar-refractivity contribution in [3.63, 3.8) is 0 Å². The maximum atomic E-state index is 12.7. The van der Waals surface area contributed by atoms with Gasteiger partial charge in [0.2, 0.25) is 0 Å². The Bertz CT molecular complexity index is 1020. The molecule has 0 saturated carbocycles. The van der Waals surface area contributed by atoms with Crippen LogP contribution in [0.3, 0.4) is 0 Å². The number of nitrogens with zero attached hydrogens (tertiary/aromatic N) is 4. The van der Waals surface area contributed by atoms with Gasteiger partial charge in [0.1, 0.15) is 17.4 Å². The molecule has 0 unspecified atom stereocenters. The molecule has 0 aliphatic rings. The number of pyridine rings is 1. The van der Waals surface area contributed by atoms with Crippen LogP contribution in [0.5, 0.6) is 5.75 Å². The molecule has 2 N–H and O–H groups in total. The molecule has 0 aliphatic carbocycles. The number of rotatable bonds is 8. The molecule has 0 atom stereocenters. The summed E-state index contributed by atoms with van der Waals surface area (Å²) < 4.78 is 31.9. The number of benzene rings is 1. The van der Waals surface area contributed by atoms with Crippen LogP contribution in [-0.4, -0.2) is 33.7 Å². The van der Waals surface area contributed by atoms with Crippen LogP contribution in [0, 0.1) is 13.8 Å². The van der Waals surface area contributed by atoms with Crippen LogP contribution in [0.4, 0.5) is 8.78 Å². The van der Waals surface area contributed by atoms with E-state index in [4.69, 9.17) is 0 Å². The van der Waals surface area contributed by atoms with E-state index < -0.39 is 6.61 Å². The topological polar surface area (TPSA) is 76.4 Å². The summed E-state index contributed by atoms with van der Waals surface area (Å²) in [7, 11) is 0. The van der Waals surface area contributed by atoms with Crippen molar-refractivity contribution in [3.8, 4) is 11.6 Å². The Hall–Kier alpha value is -3.49. The summed E-state index contributed by atoms with van der Waals surface area (Å²) in [5.74, 6) is 2.38. The van der Waals surface area contributed by atoms with Crippen LogP contribution >= 0.6 is 0 Å². The second-order valence-corrected chi connectivity index (χ2v) is 6.91. The summed E-state index contributed by atoms with van der Waals surface area (Å²) in [4.78, 5) is 13.2.